The maximum Gasteiger partial charge on any atom is 0.242 e. The molecule has 1 aliphatic rings. The van der Waals surface area contributed by atoms with E-state index < -0.39 is 10.0 Å². The van der Waals surface area contributed by atoms with Gasteiger partial charge in [0.1, 0.15) is 0 Å². The molecule has 2 rings (SSSR count). The molecule has 1 aromatic heterocycles. The van der Waals surface area contributed by atoms with E-state index >= 15 is 0 Å². The molecule has 5 nitrogen and oxygen atoms in total. The van der Waals surface area contributed by atoms with Crippen molar-refractivity contribution in [3.8, 4) is 0 Å². The van der Waals surface area contributed by atoms with Crippen molar-refractivity contribution in [3.63, 3.8) is 0 Å². The van der Waals surface area contributed by atoms with E-state index in [0.29, 0.717) is 11.4 Å². The van der Waals surface area contributed by atoms with Crippen molar-refractivity contribution in [3.05, 3.63) is 18.0 Å². The molecular weight excluding hydrogens is 286 g/mol. The summed E-state index contributed by atoms with van der Waals surface area (Å²) in [6, 6.07) is 2.02. The fraction of sp³-hybridized carbons (Fsp3) is 0.733. The van der Waals surface area contributed by atoms with Gasteiger partial charge in [0.25, 0.3) is 0 Å². The topological polar surface area (TPSA) is 63.1 Å². The molecule has 21 heavy (non-hydrogen) atoms. The van der Waals surface area contributed by atoms with Crippen LogP contribution in [-0.4, -0.2) is 25.6 Å². The molecule has 1 saturated carbocycles. The highest BCUT2D eigenvalue weighted by molar-refractivity contribution is 7.89. The zero-order chi connectivity index (χ0) is 15.7. The van der Waals surface area contributed by atoms with Crippen molar-refractivity contribution in [1.82, 2.24) is 14.6 Å². The molecule has 1 aliphatic carbocycles. The zero-order valence-corrected chi connectivity index (χ0v) is 14.3. The van der Waals surface area contributed by atoms with Crippen LogP contribution in [0.25, 0.3) is 0 Å². The maximum atomic E-state index is 12.6. The van der Waals surface area contributed by atoms with Gasteiger partial charge in [0, 0.05) is 30.0 Å². The van der Waals surface area contributed by atoms with Crippen LogP contribution >= 0.6 is 0 Å². The van der Waals surface area contributed by atoms with Gasteiger partial charge in [0.15, 0.2) is 0 Å². The quantitative estimate of drug-likeness (QED) is 0.812. The van der Waals surface area contributed by atoms with E-state index in [2.05, 4.69) is 23.9 Å². The first-order chi connectivity index (χ1) is 9.83. The van der Waals surface area contributed by atoms with Gasteiger partial charge in [-0.1, -0.05) is 6.92 Å². The minimum Gasteiger partial charge on any atom is -0.346 e. The lowest BCUT2D eigenvalue weighted by molar-refractivity contribution is 0.214. The lowest BCUT2D eigenvalue weighted by Crippen LogP contribution is -2.52. The number of sulfonamides is 1. The van der Waals surface area contributed by atoms with E-state index in [1.165, 1.54) is 0 Å². The van der Waals surface area contributed by atoms with E-state index in [1.807, 2.05) is 18.5 Å². The first-order valence-electron chi connectivity index (χ1n) is 7.73. The summed E-state index contributed by atoms with van der Waals surface area (Å²) in [4.78, 5) is 0.376. The molecule has 0 radical (unpaired) electrons. The fourth-order valence-electron chi connectivity index (χ4n) is 2.92. The van der Waals surface area contributed by atoms with Gasteiger partial charge in [-0.3, -0.25) is 0 Å². The molecule has 0 unspecified atom stereocenters. The van der Waals surface area contributed by atoms with Crippen LogP contribution in [0.2, 0.25) is 0 Å². The second-order valence-electron chi connectivity index (χ2n) is 6.29. The Morgan fingerprint density at radius 3 is 2.48 bits per heavy atom. The monoisotopic (exact) mass is 313 g/mol. The van der Waals surface area contributed by atoms with Crippen molar-refractivity contribution >= 4 is 10.0 Å². The molecule has 0 bridgehead atoms. The van der Waals surface area contributed by atoms with Gasteiger partial charge in [0.2, 0.25) is 10.0 Å². The second kappa shape index (κ2) is 6.10. The maximum absolute atomic E-state index is 12.6. The Labute approximate surface area is 128 Å². The van der Waals surface area contributed by atoms with Crippen molar-refractivity contribution < 1.29 is 8.42 Å². The van der Waals surface area contributed by atoms with Gasteiger partial charge in [-0.15, -0.1) is 0 Å². The first-order valence-corrected chi connectivity index (χ1v) is 9.21. The van der Waals surface area contributed by atoms with Gasteiger partial charge in [0.05, 0.1) is 4.90 Å². The minimum atomic E-state index is -3.44. The Hall–Kier alpha value is -0.850. The molecule has 1 heterocycles. The van der Waals surface area contributed by atoms with Crippen LogP contribution in [0.15, 0.2) is 17.2 Å². The molecule has 1 fully saturated rings. The summed E-state index contributed by atoms with van der Waals surface area (Å²) in [5, 5.41) is 3.09. The molecule has 2 N–H and O–H groups in total. The van der Waals surface area contributed by atoms with Crippen molar-refractivity contribution in [2.45, 2.75) is 69.5 Å². The number of nitrogens with zero attached hydrogens (tertiary/aromatic N) is 1. The minimum absolute atomic E-state index is 0.220. The van der Waals surface area contributed by atoms with E-state index in [4.69, 9.17) is 0 Å². The Morgan fingerprint density at radius 2 is 2.05 bits per heavy atom. The first kappa shape index (κ1) is 16.5. The van der Waals surface area contributed by atoms with Crippen molar-refractivity contribution in [2.75, 3.05) is 7.05 Å². The summed E-state index contributed by atoms with van der Waals surface area (Å²) < 4.78 is 30.2. The highest BCUT2D eigenvalue weighted by atomic mass is 32.2. The molecule has 0 aromatic carbocycles. The third kappa shape index (κ3) is 3.33. The van der Waals surface area contributed by atoms with Gasteiger partial charge < -0.3 is 9.88 Å². The summed E-state index contributed by atoms with van der Waals surface area (Å²) in [6.07, 6.45) is 5.59. The third-order valence-electron chi connectivity index (χ3n) is 4.47. The number of nitrogens with one attached hydrogen (secondary N) is 2. The lowest BCUT2D eigenvalue weighted by Gasteiger charge is -2.41. The van der Waals surface area contributed by atoms with Crippen LogP contribution in [0.4, 0.5) is 0 Å². The van der Waals surface area contributed by atoms with Crippen LogP contribution < -0.4 is 10.0 Å². The Bertz CT molecular complexity index is 581. The Balaban J connectivity index is 2.29. The summed E-state index contributed by atoms with van der Waals surface area (Å²) in [5.41, 5.74) is 0.772. The molecule has 0 spiro atoms. The average molecular weight is 313 g/mol. The van der Waals surface area contributed by atoms with Gasteiger partial charge >= 0.3 is 0 Å². The van der Waals surface area contributed by atoms with E-state index in [9.17, 15) is 8.42 Å². The predicted molar refractivity (Wildman–Crippen MR) is 84.8 cm³/mol. The summed E-state index contributed by atoms with van der Waals surface area (Å²) in [6.45, 7) is 6.82. The van der Waals surface area contributed by atoms with Crippen LogP contribution in [0.5, 0.6) is 0 Å². The number of hydrogen-bond acceptors (Lipinski definition) is 3. The van der Waals surface area contributed by atoms with Crippen LogP contribution in [0.1, 0.15) is 58.2 Å². The number of hydrogen-bond donors (Lipinski definition) is 2. The predicted octanol–water partition coefficient (Wildman–Crippen LogP) is 2.40. The van der Waals surface area contributed by atoms with Gasteiger partial charge in [-0.2, -0.15) is 0 Å². The normalized spacial score (nSPS) is 18.0. The average Bonchev–Trinajstić information content (AvgIpc) is 2.79. The lowest BCUT2D eigenvalue weighted by atomic mass is 9.76. The van der Waals surface area contributed by atoms with Crippen molar-refractivity contribution in [1.29, 1.82) is 0 Å². The van der Waals surface area contributed by atoms with Crippen LogP contribution in [0.3, 0.4) is 0 Å². The molecule has 0 atom stereocenters. The SMILES string of the molecule is CCC1(NS(=O)(=O)c2cc(CNC)n(C(C)C)c2)CCC1. The fourth-order valence-corrected chi connectivity index (χ4v) is 4.50. The number of rotatable bonds is 7. The summed E-state index contributed by atoms with van der Waals surface area (Å²) in [5.74, 6) is 0. The summed E-state index contributed by atoms with van der Waals surface area (Å²) in [7, 11) is -1.58. The highest BCUT2D eigenvalue weighted by Gasteiger charge is 2.39. The molecule has 0 saturated heterocycles. The van der Waals surface area contributed by atoms with Crippen LogP contribution in [-0.2, 0) is 16.6 Å². The van der Waals surface area contributed by atoms with Gasteiger partial charge in [-0.05, 0) is 52.6 Å². The van der Waals surface area contributed by atoms with E-state index in [-0.39, 0.29) is 11.6 Å². The molecule has 0 amide bonds. The second-order valence-corrected chi connectivity index (χ2v) is 7.97. The number of aromatic nitrogens is 1. The van der Waals surface area contributed by atoms with E-state index in [0.717, 1.165) is 31.4 Å². The Kier molecular flexibility index (Phi) is 4.80. The standard InChI is InChI=1S/C15H27N3O2S/c1-5-15(7-6-8-15)17-21(19,20)14-9-13(10-16-4)18(11-14)12(2)3/h9,11-12,16-17H,5-8,10H2,1-4H3. The molecule has 1 aromatic rings. The zero-order valence-electron chi connectivity index (χ0n) is 13.4. The molecule has 120 valence electrons. The van der Waals surface area contributed by atoms with Gasteiger partial charge in [-0.25, -0.2) is 13.1 Å². The molecule has 0 aliphatic heterocycles. The van der Waals surface area contributed by atoms with E-state index in [1.54, 1.807) is 12.3 Å². The van der Waals surface area contributed by atoms with Crippen molar-refractivity contribution in [2.24, 2.45) is 0 Å². The highest BCUT2D eigenvalue weighted by Crippen LogP contribution is 2.36. The summed E-state index contributed by atoms with van der Waals surface area (Å²) >= 11 is 0. The smallest absolute Gasteiger partial charge is 0.242 e. The third-order valence-corrected chi connectivity index (χ3v) is 6.02. The Morgan fingerprint density at radius 1 is 1.38 bits per heavy atom. The molecule has 6 heteroatoms. The largest absolute Gasteiger partial charge is 0.346 e. The van der Waals surface area contributed by atoms with Crippen LogP contribution in [0, 0.1) is 0 Å². The molecular formula is C15H27N3O2S.